The first-order chi connectivity index (χ1) is 10.7. The van der Waals surface area contributed by atoms with Crippen LogP contribution in [0.1, 0.15) is 12.0 Å². The summed E-state index contributed by atoms with van der Waals surface area (Å²) in [4.78, 5) is 28.5. The molecule has 5 nitrogen and oxygen atoms in total. The van der Waals surface area contributed by atoms with Crippen LogP contribution in [0.5, 0.6) is 0 Å². The molecule has 5 heteroatoms. The lowest BCUT2D eigenvalue weighted by atomic mass is 10.1. The Kier molecular flexibility index (Phi) is 4.24. The van der Waals surface area contributed by atoms with Gasteiger partial charge in [0, 0.05) is 31.9 Å². The molecule has 1 N–H and O–H groups in total. The normalized spacial score (nSPS) is 20.9. The van der Waals surface area contributed by atoms with Crippen LogP contribution in [0.3, 0.4) is 0 Å². The van der Waals surface area contributed by atoms with Crippen molar-refractivity contribution < 1.29 is 9.59 Å². The second-order valence-corrected chi connectivity index (χ2v) is 5.71. The van der Waals surface area contributed by atoms with Crippen LogP contribution in [0, 0.1) is 0 Å². The van der Waals surface area contributed by atoms with Gasteiger partial charge in [-0.1, -0.05) is 24.3 Å². The number of amides is 2. The molecule has 0 radical (unpaired) electrons. The van der Waals surface area contributed by atoms with Crippen molar-refractivity contribution in [2.75, 3.05) is 31.1 Å². The van der Waals surface area contributed by atoms with Crippen LogP contribution < -0.4 is 10.2 Å². The molecule has 1 aromatic carbocycles. The van der Waals surface area contributed by atoms with Gasteiger partial charge in [-0.25, -0.2) is 0 Å². The number of hydrogen-bond acceptors (Lipinski definition) is 3. The van der Waals surface area contributed by atoms with E-state index in [9.17, 15) is 9.59 Å². The third-order valence-corrected chi connectivity index (χ3v) is 4.30. The van der Waals surface area contributed by atoms with Crippen molar-refractivity contribution >= 4 is 17.5 Å². The summed E-state index contributed by atoms with van der Waals surface area (Å²) in [6.07, 6.45) is 2.82. The van der Waals surface area contributed by atoms with Gasteiger partial charge >= 0.3 is 0 Å². The van der Waals surface area contributed by atoms with E-state index >= 15 is 0 Å². The number of rotatable bonds is 4. The molecular formula is C17H21N3O2. The molecule has 1 aromatic rings. The highest BCUT2D eigenvalue weighted by Gasteiger charge is 2.32. The van der Waals surface area contributed by atoms with Crippen molar-refractivity contribution in [1.29, 1.82) is 0 Å². The molecule has 22 heavy (non-hydrogen) atoms. The number of carbonyl (C=O) groups is 2. The topological polar surface area (TPSA) is 52.7 Å². The smallest absolute Gasteiger partial charge is 0.240 e. The quantitative estimate of drug-likeness (QED) is 0.842. The minimum atomic E-state index is -0.422. The fourth-order valence-electron chi connectivity index (χ4n) is 3.17. The fourth-order valence-corrected chi connectivity index (χ4v) is 3.17. The number of hydrogen-bond donors (Lipinski definition) is 1. The van der Waals surface area contributed by atoms with Crippen LogP contribution in [0.2, 0.25) is 0 Å². The lowest BCUT2D eigenvalue weighted by molar-refractivity contribution is -0.137. The number of carbonyl (C=O) groups excluding carboxylic acids is 2. The van der Waals surface area contributed by atoms with Gasteiger partial charge in [-0.2, -0.15) is 0 Å². The number of para-hydroxylation sites is 1. The van der Waals surface area contributed by atoms with Gasteiger partial charge in [0.05, 0.1) is 12.5 Å². The lowest BCUT2D eigenvalue weighted by Gasteiger charge is -2.33. The third-order valence-electron chi connectivity index (χ3n) is 4.30. The second kappa shape index (κ2) is 6.32. The average molecular weight is 299 g/mol. The van der Waals surface area contributed by atoms with E-state index < -0.39 is 6.04 Å². The molecule has 2 aliphatic heterocycles. The predicted octanol–water partition coefficient (Wildman–Crippen LogP) is 0.952. The summed E-state index contributed by atoms with van der Waals surface area (Å²) in [5.74, 6) is 0.00300. The van der Waals surface area contributed by atoms with Crippen LogP contribution >= 0.6 is 0 Å². The SMILES string of the molecule is C=CCN1CCNC(CC(=O)N2CCc3ccccc32)C1=O. The molecule has 2 amide bonds. The van der Waals surface area contributed by atoms with E-state index in [0.717, 1.165) is 12.1 Å². The lowest BCUT2D eigenvalue weighted by Crippen LogP contribution is -2.56. The Morgan fingerprint density at radius 3 is 3.00 bits per heavy atom. The molecule has 116 valence electrons. The van der Waals surface area contributed by atoms with Crippen LogP contribution in [-0.4, -0.2) is 48.9 Å². The van der Waals surface area contributed by atoms with Crippen LogP contribution in [-0.2, 0) is 16.0 Å². The van der Waals surface area contributed by atoms with Gasteiger partial charge in [0.2, 0.25) is 11.8 Å². The molecule has 0 spiro atoms. The molecule has 0 aromatic heterocycles. The van der Waals surface area contributed by atoms with Crippen LogP contribution in [0.4, 0.5) is 5.69 Å². The maximum Gasteiger partial charge on any atom is 0.240 e. The van der Waals surface area contributed by atoms with Gasteiger partial charge in [0.25, 0.3) is 0 Å². The van der Waals surface area contributed by atoms with E-state index in [2.05, 4.69) is 18.0 Å². The van der Waals surface area contributed by atoms with E-state index in [0.29, 0.717) is 26.2 Å². The summed E-state index contributed by atoms with van der Waals surface area (Å²) in [5, 5.41) is 3.16. The van der Waals surface area contributed by atoms with Crippen molar-refractivity contribution in [2.45, 2.75) is 18.9 Å². The van der Waals surface area contributed by atoms with Crippen molar-refractivity contribution in [2.24, 2.45) is 0 Å². The number of nitrogens with one attached hydrogen (secondary N) is 1. The second-order valence-electron chi connectivity index (χ2n) is 5.71. The van der Waals surface area contributed by atoms with E-state index in [4.69, 9.17) is 0 Å². The summed E-state index contributed by atoms with van der Waals surface area (Å²) in [7, 11) is 0. The number of piperazine rings is 1. The van der Waals surface area contributed by atoms with Gasteiger partial charge in [0.15, 0.2) is 0 Å². The van der Waals surface area contributed by atoms with Gasteiger partial charge in [-0.05, 0) is 18.1 Å². The van der Waals surface area contributed by atoms with Crippen molar-refractivity contribution in [3.05, 3.63) is 42.5 Å². The Morgan fingerprint density at radius 2 is 2.18 bits per heavy atom. The van der Waals surface area contributed by atoms with E-state index in [-0.39, 0.29) is 18.2 Å². The zero-order valence-corrected chi connectivity index (χ0v) is 12.6. The molecule has 1 atom stereocenters. The zero-order chi connectivity index (χ0) is 15.5. The maximum absolute atomic E-state index is 12.6. The molecule has 0 saturated carbocycles. The maximum atomic E-state index is 12.6. The Balaban J connectivity index is 1.67. The average Bonchev–Trinajstić information content (AvgIpc) is 2.95. The summed E-state index contributed by atoms with van der Waals surface area (Å²) >= 11 is 0. The third kappa shape index (κ3) is 2.76. The Morgan fingerprint density at radius 1 is 1.36 bits per heavy atom. The number of benzene rings is 1. The van der Waals surface area contributed by atoms with Crippen LogP contribution in [0.25, 0.3) is 0 Å². The molecule has 1 fully saturated rings. The molecule has 3 rings (SSSR count). The summed E-state index contributed by atoms with van der Waals surface area (Å²) < 4.78 is 0. The predicted molar refractivity (Wildman–Crippen MR) is 85.7 cm³/mol. The minimum absolute atomic E-state index is 0.00742. The van der Waals surface area contributed by atoms with Crippen molar-refractivity contribution in [3.8, 4) is 0 Å². The van der Waals surface area contributed by atoms with Crippen molar-refractivity contribution in [1.82, 2.24) is 10.2 Å². The highest BCUT2D eigenvalue weighted by molar-refractivity contribution is 5.98. The Hall–Kier alpha value is -2.14. The largest absolute Gasteiger partial charge is 0.336 e. The molecule has 1 saturated heterocycles. The molecule has 0 bridgehead atoms. The molecule has 0 aliphatic carbocycles. The van der Waals surface area contributed by atoms with Crippen LogP contribution in [0.15, 0.2) is 36.9 Å². The van der Waals surface area contributed by atoms with Gasteiger partial charge in [-0.3, -0.25) is 9.59 Å². The standard InChI is InChI=1S/C17H21N3O2/c1-2-9-19-11-8-18-14(17(19)22)12-16(21)20-10-7-13-5-3-4-6-15(13)20/h2-6,14,18H,1,7-12H2. The number of fused-ring (bicyclic) bond motifs is 1. The van der Waals surface area contributed by atoms with Crippen molar-refractivity contribution in [3.63, 3.8) is 0 Å². The number of nitrogens with zero attached hydrogens (tertiary/aromatic N) is 2. The van der Waals surface area contributed by atoms with Gasteiger partial charge in [0.1, 0.15) is 0 Å². The van der Waals surface area contributed by atoms with E-state index in [1.807, 2.05) is 18.2 Å². The molecular weight excluding hydrogens is 278 g/mol. The first-order valence-electron chi connectivity index (χ1n) is 7.72. The zero-order valence-electron chi connectivity index (χ0n) is 12.6. The first kappa shape index (κ1) is 14.8. The number of anilines is 1. The molecule has 1 unspecified atom stereocenters. The highest BCUT2D eigenvalue weighted by atomic mass is 16.2. The van der Waals surface area contributed by atoms with Gasteiger partial charge < -0.3 is 15.1 Å². The minimum Gasteiger partial charge on any atom is -0.336 e. The highest BCUT2D eigenvalue weighted by Crippen LogP contribution is 2.28. The molecule has 2 heterocycles. The van der Waals surface area contributed by atoms with E-state index in [1.54, 1.807) is 15.9 Å². The summed E-state index contributed by atoms with van der Waals surface area (Å²) in [6.45, 7) is 6.30. The summed E-state index contributed by atoms with van der Waals surface area (Å²) in [5.41, 5.74) is 2.19. The summed E-state index contributed by atoms with van der Waals surface area (Å²) in [6, 6.07) is 7.54. The Labute approximate surface area is 130 Å². The first-order valence-corrected chi connectivity index (χ1v) is 7.72. The van der Waals surface area contributed by atoms with Gasteiger partial charge in [-0.15, -0.1) is 6.58 Å². The van der Waals surface area contributed by atoms with E-state index in [1.165, 1.54) is 5.56 Å². The fraction of sp³-hybridized carbons (Fsp3) is 0.412. The monoisotopic (exact) mass is 299 g/mol. The molecule has 2 aliphatic rings. The Bertz CT molecular complexity index is 599.